The van der Waals surface area contributed by atoms with Gasteiger partial charge >= 0.3 is 0 Å². The van der Waals surface area contributed by atoms with Crippen LogP contribution in [0.4, 0.5) is 8.78 Å². The van der Waals surface area contributed by atoms with Crippen molar-refractivity contribution in [3.63, 3.8) is 0 Å². The van der Waals surface area contributed by atoms with Crippen LogP contribution in [0.3, 0.4) is 0 Å². The molecule has 0 unspecified atom stereocenters. The Morgan fingerprint density at radius 1 is 1.36 bits per heavy atom. The molecule has 0 radical (unpaired) electrons. The van der Waals surface area contributed by atoms with Gasteiger partial charge in [-0.05, 0) is 37.6 Å². The van der Waals surface area contributed by atoms with E-state index in [0.717, 1.165) is 16.4 Å². The zero-order chi connectivity index (χ0) is 24.4. The SMILES string of the molecule is COC[C@H](C)Oc1cnc(/C(F)=C/c2ccc(F)c([C@]3(C)CS(=O)(=O)N(C)C(N)=N3)c2)cn1. The van der Waals surface area contributed by atoms with Gasteiger partial charge in [-0.25, -0.2) is 36.5 Å². The second kappa shape index (κ2) is 9.40. The summed E-state index contributed by atoms with van der Waals surface area (Å²) in [6.45, 7) is 3.61. The molecular weight excluding hydrogens is 456 g/mol. The number of benzene rings is 1. The molecule has 0 aliphatic carbocycles. The first-order valence-corrected chi connectivity index (χ1v) is 11.5. The Kier molecular flexibility index (Phi) is 6.98. The number of halogens is 2. The fourth-order valence-electron chi connectivity index (χ4n) is 3.33. The average Bonchev–Trinajstić information content (AvgIpc) is 2.73. The largest absolute Gasteiger partial charge is 0.471 e. The highest BCUT2D eigenvalue weighted by Crippen LogP contribution is 2.34. The van der Waals surface area contributed by atoms with Gasteiger partial charge < -0.3 is 15.2 Å². The van der Waals surface area contributed by atoms with E-state index in [1.165, 1.54) is 38.5 Å². The van der Waals surface area contributed by atoms with Crippen LogP contribution in [0.25, 0.3) is 11.9 Å². The second-order valence-electron chi connectivity index (χ2n) is 7.82. The Morgan fingerprint density at radius 2 is 2.09 bits per heavy atom. The number of aliphatic imine (C=N–C) groups is 1. The zero-order valence-electron chi connectivity index (χ0n) is 18.6. The van der Waals surface area contributed by atoms with E-state index in [0.29, 0.717) is 6.61 Å². The number of hydrogen-bond donors (Lipinski definition) is 1. The number of ether oxygens (including phenoxy) is 2. The summed E-state index contributed by atoms with van der Waals surface area (Å²) in [5.41, 5.74) is 4.47. The van der Waals surface area contributed by atoms with Crippen LogP contribution in [0.5, 0.6) is 5.88 Å². The number of hydrogen-bond acceptors (Lipinski definition) is 8. The van der Waals surface area contributed by atoms with E-state index < -0.39 is 33.0 Å². The van der Waals surface area contributed by atoms with Crippen LogP contribution in [0.1, 0.15) is 30.7 Å². The number of aromatic nitrogens is 2. The molecule has 0 saturated heterocycles. The van der Waals surface area contributed by atoms with Crippen molar-refractivity contribution in [2.75, 3.05) is 26.5 Å². The van der Waals surface area contributed by atoms with Crippen LogP contribution >= 0.6 is 0 Å². The zero-order valence-corrected chi connectivity index (χ0v) is 19.4. The normalized spacial score (nSPS) is 21.5. The van der Waals surface area contributed by atoms with Crippen LogP contribution < -0.4 is 10.5 Å². The van der Waals surface area contributed by atoms with Crippen molar-refractivity contribution >= 4 is 27.9 Å². The molecule has 3 rings (SSSR count). The number of methoxy groups -OCH3 is 1. The topological polar surface area (TPSA) is 120 Å². The molecule has 0 spiro atoms. The van der Waals surface area contributed by atoms with Gasteiger partial charge in [0.2, 0.25) is 21.9 Å². The lowest BCUT2D eigenvalue weighted by Gasteiger charge is -2.34. The van der Waals surface area contributed by atoms with Crippen LogP contribution in [-0.2, 0) is 20.3 Å². The number of sulfonamides is 1. The van der Waals surface area contributed by atoms with E-state index in [1.54, 1.807) is 14.0 Å². The van der Waals surface area contributed by atoms with E-state index in [2.05, 4.69) is 15.0 Å². The molecule has 1 aliphatic heterocycles. The maximum atomic E-state index is 14.8. The van der Waals surface area contributed by atoms with Crippen molar-refractivity contribution in [3.05, 3.63) is 53.2 Å². The summed E-state index contributed by atoms with van der Waals surface area (Å²) in [7, 11) is -0.979. The first kappa shape index (κ1) is 24.5. The third-order valence-corrected chi connectivity index (χ3v) is 6.97. The minimum Gasteiger partial charge on any atom is -0.471 e. The molecule has 1 aromatic carbocycles. The van der Waals surface area contributed by atoms with Gasteiger partial charge in [0, 0.05) is 19.7 Å². The van der Waals surface area contributed by atoms with Crippen molar-refractivity contribution in [1.29, 1.82) is 0 Å². The van der Waals surface area contributed by atoms with Crippen molar-refractivity contribution in [2.45, 2.75) is 25.5 Å². The average molecular weight is 482 g/mol. The molecule has 178 valence electrons. The summed E-state index contributed by atoms with van der Waals surface area (Å²) < 4.78 is 65.6. The van der Waals surface area contributed by atoms with Gasteiger partial charge in [-0.3, -0.25) is 0 Å². The third kappa shape index (κ3) is 5.45. The van der Waals surface area contributed by atoms with E-state index in [1.807, 2.05) is 0 Å². The van der Waals surface area contributed by atoms with Gasteiger partial charge in [-0.1, -0.05) is 6.07 Å². The molecular formula is C21H25F2N5O4S. The summed E-state index contributed by atoms with van der Waals surface area (Å²) in [5, 5.41) is 0. The molecule has 2 N–H and O–H groups in total. The van der Waals surface area contributed by atoms with Gasteiger partial charge in [0.25, 0.3) is 0 Å². The molecule has 2 heterocycles. The molecule has 9 nitrogen and oxygen atoms in total. The fraction of sp³-hybridized carbons (Fsp3) is 0.381. The van der Waals surface area contributed by atoms with Gasteiger partial charge in [0.1, 0.15) is 23.2 Å². The number of nitrogens with two attached hydrogens (primary N) is 1. The first-order chi connectivity index (χ1) is 15.4. The van der Waals surface area contributed by atoms with E-state index in [9.17, 15) is 17.2 Å². The Hall–Kier alpha value is -3.12. The highest BCUT2D eigenvalue weighted by atomic mass is 32.2. The van der Waals surface area contributed by atoms with Gasteiger partial charge in [0.15, 0.2) is 5.83 Å². The van der Waals surface area contributed by atoms with Crippen LogP contribution in [0.15, 0.2) is 35.6 Å². The summed E-state index contributed by atoms with van der Waals surface area (Å²) in [4.78, 5) is 12.2. The fourth-order valence-corrected chi connectivity index (χ4v) is 4.78. The monoisotopic (exact) mass is 481 g/mol. The predicted molar refractivity (Wildman–Crippen MR) is 120 cm³/mol. The number of rotatable bonds is 7. The summed E-state index contributed by atoms with van der Waals surface area (Å²) in [6.07, 6.45) is 3.38. The molecule has 1 aliphatic rings. The van der Waals surface area contributed by atoms with Crippen molar-refractivity contribution < 1.29 is 26.7 Å². The lowest BCUT2D eigenvalue weighted by molar-refractivity contribution is 0.0886. The molecule has 1 aromatic heterocycles. The smallest absolute Gasteiger partial charge is 0.239 e. The minimum absolute atomic E-state index is 0.0226. The Labute approximate surface area is 191 Å². The quantitative estimate of drug-likeness (QED) is 0.644. The minimum atomic E-state index is -3.80. The molecule has 2 aromatic rings. The maximum Gasteiger partial charge on any atom is 0.239 e. The predicted octanol–water partition coefficient (Wildman–Crippen LogP) is 2.30. The lowest BCUT2D eigenvalue weighted by atomic mass is 9.92. The molecule has 2 atom stereocenters. The highest BCUT2D eigenvalue weighted by molar-refractivity contribution is 7.89. The van der Waals surface area contributed by atoms with Gasteiger partial charge in [-0.2, -0.15) is 0 Å². The Balaban J connectivity index is 1.89. The lowest BCUT2D eigenvalue weighted by Crippen LogP contribution is -2.50. The molecule has 0 amide bonds. The van der Waals surface area contributed by atoms with Gasteiger partial charge in [0.05, 0.1) is 24.8 Å². The molecule has 0 fully saturated rings. The Bertz CT molecular complexity index is 1190. The maximum absolute atomic E-state index is 14.8. The number of nitrogens with zero attached hydrogens (tertiary/aromatic N) is 4. The summed E-state index contributed by atoms with van der Waals surface area (Å²) >= 11 is 0. The molecule has 12 heteroatoms. The van der Waals surface area contributed by atoms with Crippen LogP contribution in [0.2, 0.25) is 0 Å². The van der Waals surface area contributed by atoms with Gasteiger partial charge in [-0.15, -0.1) is 0 Å². The molecule has 33 heavy (non-hydrogen) atoms. The third-order valence-electron chi connectivity index (χ3n) is 5.02. The van der Waals surface area contributed by atoms with E-state index in [-0.39, 0.29) is 34.8 Å². The standard InChI is InChI=1S/C21H25F2N5O4S/c1-13(11-31-4)32-19-10-25-18(9-26-19)17(23)8-14-5-6-16(22)15(7-14)21(2)12-33(29,30)28(3)20(24)27-21/h5-10,13H,11-12H2,1-4H3,(H2,24,27)/b17-8-/t13-,21-/m0/s1. The van der Waals surface area contributed by atoms with E-state index in [4.69, 9.17) is 15.2 Å². The van der Waals surface area contributed by atoms with Crippen LogP contribution in [0, 0.1) is 5.82 Å². The molecule has 0 saturated carbocycles. The van der Waals surface area contributed by atoms with Crippen molar-refractivity contribution in [3.8, 4) is 5.88 Å². The van der Waals surface area contributed by atoms with Crippen molar-refractivity contribution in [1.82, 2.24) is 14.3 Å². The highest BCUT2D eigenvalue weighted by Gasteiger charge is 2.41. The first-order valence-electron chi connectivity index (χ1n) is 9.92. The Morgan fingerprint density at radius 3 is 2.70 bits per heavy atom. The van der Waals surface area contributed by atoms with E-state index >= 15 is 0 Å². The molecule has 0 bridgehead atoms. The van der Waals surface area contributed by atoms with Crippen molar-refractivity contribution in [2.24, 2.45) is 10.7 Å². The van der Waals surface area contributed by atoms with Crippen LogP contribution in [-0.4, -0.2) is 61.3 Å². The summed E-state index contributed by atoms with van der Waals surface area (Å²) in [6, 6.07) is 3.82. The second-order valence-corrected chi connectivity index (χ2v) is 9.82. The summed E-state index contributed by atoms with van der Waals surface area (Å²) in [5.74, 6) is -1.93. The number of guanidine groups is 1.